The standard InChI is InChI=1S/C15H13Br2ClFN/c1-2-20-15(9-3-5-13(18)11(16)7-9)10-4-6-14(19)12(17)8-10/h3-8,15,20H,2H2,1H3. The minimum atomic E-state index is -0.263. The molecule has 0 saturated heterocycles. The van der Waals surface area contributed by atoms with E-state index in [2.05, 4.69) is 37.2 Å². The van der Waals surface area contributed by atoms with Gasteiger partial charge in [0.2, 0.25) is 0 Å². The number of halogens is 4. The largest absolute Gasteiger partial charge is 0.307 e. The molecule has 2 rings (SSSR count). The van der Waals surface area contributed by atoms with E-state index in [9.17, 15) is 4.39 Å². The van der Waals surface area contributed by atoms with E-state index in [1.807, 2.05) is 25.1 Å². The Hall–Kier alpha value is -0.420. The molecular formula is C15H13Br2ClFN. The summed E-state index contributed by atoms with van der Waals surface area (Å²) in [6.07, 6.45) is 0. The second-order valence-electron chi connectivity index (χ2n) is 4.34. The first-order chi connectivity index (χ1) is 9.52. The van der Waals surface area contributed by atoms with Gasteiger partial charge in [-0.1, -0.05) is 30.7 Å². The molecule has 0 radical (unpaired) electrons. The summed E-state index contributed by atoms with van der Waals surface area (Å²) in [7, 11) is 0. The Morgan fingerprint density at radius 2 is 1.70 bits per heavy atom. The number of nitrogens with one attached hydrogen (secondary N) is 1. The fraction of sp³-hybridized carbons (Fsp3) is 0.200. The summed E-state index contributed by atoms with van der Waals surface area (Å²) in [6.45, 7) is 2.84. The fourth-order valence-corrected chi connectivity index (χ4v) is 2.93. The molecule has 0 aliphatic carbocycles. The number of benzene rings is 2. The lowest BCUT2D eigenvalue weighted by molar-refractivity contribution is 0.608. The van der Waals surface area contributed by atoms with Crippen molar-refractivity contribution >= 4 is 43.5 Å². The Balaban J connectivity index is 2.44. The van der Waals surface area contributed by atoms with Gasteiger partial charge in [-0.25, -0.2) is 4.39 Å². The van der Waals surface area contributed by atoms with E-state index < -0.39 is 0 Å². The predicted octanol–water partition coefficient (Wildman–Crippen LogP) is 5.70. The smallest absolute Gasteiger partial charge is 0.137 e. The molecule has 20 heavy (non-hydrogen) atoms. The van der Waals surface area contributed by atoms with Gasteiger partial charge in [0.05, 0.1) is 15.5 Å². The van der Waals surface area contributed by atoms with Crippen LogP contribution in [0, 0.1) is 5.82 Å². The topological polar surface area (TPSA) is 12.0 Å². The third kappa shape index (κ3) is 3.61. The molecule has 0 aromatic heterocycles. The maximum atomic E-state index is 13.4. The van der Waals surface area contributed by atoms with Crippen molar-refractivity contribution in [2.75, 3.05) is 6.54 Å². The second kappa shape index (κ2) is 7.03. The summed E-state index contributed by atoms with van der Waals surface area (Å²) in [5.41, 5.74) is 2.07. The molecule has 0 amide bonds. The Bertz CT molecular complexity index is 567. The third-order valence-corrected chi connectivity index (χ3v) is 4.78. The van der Waals surface area contributed by atoms with Gasteiger partial charge >= 0.3 is 0 Å². The van der Waals surface area contributed by atoms with E-state index in [0.717, 1.165) is 22.1 Å². The molecule has 0 aliphatic rings. The molecule has 106 valence electrons. The van der Waals surface area contributed by atoms with Crippen molar-refractivity contribution in [3.63, 3.8) is 0 Å². The van der Waals surface area contributed by atoms with Crippen molar-refractivity contribution in [3.05, 3.63) is 67.3 Å². The first-order valence-electron chi connectivity index (χ1n) is 6.16. The third-order valence-electron chi connectivity index (χ3n) is 2.96. The number of hydrogen-bond acceptors (Lipinski definition) is 1. The highest BCUT2D eigenvalue weighted by Crippen LogP contribution is 2.30. The van der Waals surface area contributed by atoms with Gasteiger partial charge in [0, 0.05) is 4.47 Å². The van der Waals surface area contributed by atoms with Crippen LogP contribution in [0.15, 0.2) is 45.3 Å². The molecule has 5 heteroatoms. The minimum absolute atomic E-state index is 0.00883. The molecular weight excluding hydrogens is 408 g/mol. The van der Waals surface area contributed by atoms with E-state index in [4.69, 9.17) is 11.6 Å². The van der Waals surface area contributed by atoms with Crippen LogP contribution in [-0.4, -0.2) is 6.54 Å². The predicted molar refractivity (Wildman–Crippen MR) is 88.8 cm³/mol. The summed E-state index contributed by atoms with van der Waals surface area (Å²) in [5.74, 6) is -0.263. The quantitative estimate of drug-likeness (QED) is 0.667. The molecule has 1 atom stereocenters. The fourth-order valence-electron chi connectivity index (χ4n) is 2.02. The van der Waals surface area contributed by atoms with E-state index >= 15 is 0 Å². The molecule has 1 nitrogen and oxygen atoms in total. The number of rotatable bonds is 4. The van der Waals surface area contributed by atoms with Gasteiger partial charge in [0.1, 0.15) is 5.82 Å². The van der Waals surface area contributed by atoms with Crippen molar-refractivity contribution in [1.29, 1.82) is 0 Å². The van der Waals surface area contributed by atoms with Crippen LogP contribution in [0.3, 0.4) is 0 Å². The van der Waals surface area contributed by atoms with Crippen LogP contribution in [0.2, 0.25) is 5.02 Å². The van der Waals surface area contributed by atoms with E-state index in [0.29, 0.717) is 9.50 Å². The van der Waals surface area contributed by atoms with Crippen LogP contribution >= 0.6 is 43.5 Å². The van der Waals surface area contributed by atoms with Gasteiger partial charge in [0.25, 0.3) is 0 Å². The Labute approximate surface area is 139 Å². The first kappa shape index (κ1) is 16.0. The summed E-state index contributed by atoms with van der Waals surface area (Å²) in [5, 5.41) is 4.07. The van der Waals surface area contributed by atoms with Crippen molar-refractivity contribution in [3.8, 4) is 0 Å². The second-order valence-corrected chi connectivity index (χ2v) is 6.45. The molecule has 0 fully saturated rings. The molecule has 1 N–H and O–H groups in total. The van der Waals surface area contributed by atoms with E-state index in [-0.39, 0.29) is 11.9 Å². The molecule has 0 spiro atoms. The summed E-state index contributed by atoms with van der Waals surface area (Å²) < 4.78 is 14.7. The number of hydrogen-bond donors (Lipinski definition) is 1. The van der Waals surface area contributed by atoms with Crippen LogP contribution in [0.1, 0.15) is 24.1 Å². The Morgan fingerprint density at radius 1 is 1.10 bits per heavy atom. The average molecular weight is 422 g/mol. The highest BCUT2D eigenvalue weighted by Gasteiger charge is 2.15. The highest BCUT2D eigenvalue weighted by atomic mass is 79.9. The van der Waals surface area contributed by atoms with Gasteiger partial charge in [-0.15, -0.1) is 0 Å². The van der Waals surface area contributed by atoms with Crippen LogP contribution in [0.5, 0.6) is 0 Å². The zero-order chi connectivity index (χ0) is 14.7. The maximum absolute atomic E-state index is 13.4. The summed E-state index contributed by atoms with van der Waals surface area (Å²) >= 11 is 12.7. The van der Waals surface area contributed by atoms with Gasteiger partial charge in [-0.3, -0.25) is 0 Å². The Morgan fingerprint density at radius 3 is 2.25 bits per heavy atom. The molecule has 0 heterocycles. The van der Waals surface area contributed by atoms with Crippen LogP contribution in [0.4, 0.5) is 4.39 Å². The molecule has 0 bridgehead atoms. The molecule has 2 aromatic carbocycles. The van der Waals surface area contributed by atoms with Gasteiger partial charge in [-0.2, -0.15) is 0 Å². The van der Waals surface area contributed by atoms with Gasteiger partial charge in [0.15, 0.2) is 0 Å². The SMILES string of the molecule is CCNC(c1ccc(F)c(Br)c1)c1ccc(Cl)c(Br)c1. The molecule has 1 unspecified atom stereocenters. The monoisotopic (exact) mass is 419 g/mol. The lowest BCUT2D eigenvalue weighted by atomic mass is 9.98. The van der Waals surface area contributed by atoms with Gasteiger partial charge < -0.3 is 5.32 Å². The average Bonchev–Trinajstić information content (AvgIpc) is 2.43. The first-order valence-corrected chi connectivity index (χ1v) is 8.12. The summed E-state index contributed by atoms with van der Waals surface area (Å²) in [6, 6.07) is 10.8. The molecule has 2 aromatic rings. The van der Waals surface area contributed by atoms with Crippen molar-refractivity contribution < 1.29 is 4.39 Å². The lowest BCUT2D eigenvalue weighted by Gasteiger charge is -2.20. The minimum Gasteiger partial charge on any atom is -0.307 e. The van der Waals surface area contributed by atoms with Crippen molar-refractivity contribution in [1.82, 2.24) is 5.32 Å². The molecule has 0 aliphatic heterocycles. The Kier molecular flexibility index (Phi) is 5.61. The van der Waals surface area contributed by atoms with Gasteiger partial charge in [-0.05, 0) is 73.8 Å². The van der Waals surface area contributed by atoms with Crippen molar-refractivity contribution in [2.24, 2.45) is 0 Å². The molecule has 0 saturated carbocycles. The van der Waals surface area contributed by atoms with Crippen LogP contribution in [-0.2, 0) is 0 Å². The highest BCUT2D eigenvalue weighted by molar-refractivity contribution is 9.10. The van der Waals surface area contributed by atoms with Crippen LogP contribution in [0.25, 0.3) is 0 Å². The zero-order valence-electron chi connectivity index (χ0n) is 10.8. The summed E-state index contributed by atoms with van der Waals surface area (Å²) in [4.78, 5) is 0. The van der Waals surface area contributed by atoms with E-state index in [1.54, 1.807) is 12.1 Å². The maximum Gasteiger partial charge on any atom is 0.137 e. The van der Waals surface area contributed by atoms with Crippen molar-refractivity contribution in [2.45, 2.75) is 13.0 Å². The van der Waals surface area contributed by atoms with Crippen LogP contribution < -0.4 is 5.32 Å². The zero-order valence-corrected chi connectivity index (χ0v) is 14.7. The normalized spacial score (nSPS) is 12.4. The lowest BCUT2D eigenvalue weighted by Crippen LogP contribution is -2.22. The van der Waals surface area contributed by atoms with E-state index in [1.165, 1.54) is 6.07 Å².